The number of hydrogen-bond donors (Lipinski definition) is 0. The van der Waals surface area contributed by atoms with Crippen molar-refractivity contribution < 1.29 is 0 Å². The van der Waals surface area contributed by atoms with Crippen molar-refractivity contribution in [3.63, 3.8) is 0 Å². The highest BCUT2D eigenvalue weighted by Crippen LogP contribution is 2.66. The Morgan fingerprint density at radius 2 is 0.700 bits per heavy atom. The summed E-state index contributed by atoms with van der Waals surface area (Å²) in [7, 11) is 0. The minimum absolute atomic E-state index is 0.744. The van der Waals surface area contributed by atoms with Crippen molar-refractivity contribution in [3.8, 4) is 33.4 Å². The van der Waals surface area contributed by atoms with E-state index in [1.807, 2.05) is 0 Å². The first-order chi connectivity index (χ1) is 34.8. The molecular weight excluding hydrogens is 847 g/mol. The second-order valence-corrected chi connectivity index (χ2v) is 18.0. The van der Waals surface area contributed by atoms with E-state index >= 15 is 0 Å². The van der Waals surface area contributed by atoms with E-state index in [4.69, 9.17) is 0 Å². The number of hydrogen-bond acceptors (Lipinski definition) is 3. The van der Waals surface area contributed by atoms with Gasteiger partial charge in [-0.1, -0.05) is 206 Å². The van der Waals surface area contributed by atoms with E-state index in [-0.39, 0.29) is 0 Å². The van der Waals surface area contributed by atoms with Crippen molar-refractivity contribution in [1.82, 2.24) is 0 Å². The summed E-state index contributed by atoms with van der Waals surface area (Å²) in [5.74, 6) is 0. The molecule has 0 bridgehead atoms. The minimum atomic E-state index is -0.744. The van der Waals surface area contributed by atoms with Crippen LogP contribution in [0.4, 0.5) is 51.2 Å². The summed E-state index contributed by atoms with van der Waals surface area (Å²) in [6.45, 7) is 0. The third-order valence-electron chi connectivity index (χ3n) is 14.2. The van der Waals surface area contributed by atoms with E-state index in [1.165, 1.54) is 44.5 Å². The summed E-state index contributed by atoms with van der Waals surface area (Å²) in [4.78, 5) is 7.40. The SMILES string of the molecule is c1ccc(-c2ccccc2N(c2ccccc2)c2ccc3c(c2)-c2cccc(N(c4ccccc4)c4ccccc4-c4ccccc4)c2C32c3ccccc3N(c3ccccc3)c3ccccc32)cc1. The van der Waals surface area contributed by atoms with Gasteiger partial charge < -0.3 is 14.7 Å². The Labute approximate surface area is 410 Å². The zero-order valence-electron chi connectivity index (χ0n) is 38.5. The normalized spacial score (nSPS) is 12.7. The monoisotopic (exact) mass is 893 g/mol. The standard InChI is InChI=1S/C67H47N3/c1-6-25-48(26-7-1)54-35-16-20-40-61(54)68(50-29-10-3-11-30-50)53-45-46-58-57(47-53)56-37-24-44-65(69(51-31-12-4-13-32-51)62-41-21-17-36-55(62)49-27-8-2-9-28-49)66(56)67(58)59-38-18-22-42-63(59)70(52-33-14-5-15-34-52)64-43-23-19-39-60(64)67/h1-47H. The molecule has 0 amide bonds. The Morgan fingerprint density at radius 1 is 0.271 bits per heavy atom. The van der Waals surface area contributed by atoms with Crippen molar-refractivity contribution in [2.75, 3.05) is 14.7 Å². The van der Waals surface area contributed by atoms with E-state index in [0.29, 0.717) is 0 Å². The lowest BCUT2D eigenvalue weighted by Gasteiger charge is -2.46. The van der Waals surface area contributed by atoms with E-state index in [0.717, 1.165) is 62.3 Å². The van der Waals surface area contributed by atoms with Crippen LogP contribution < -0.4 is 14.7 Å². The van der Waals surface area contributed by atoms with Gasteiger partial charge in [0.1, 0.15) is 0 Å². The summed E-state index contributed by atoms with van der Waals surface area (Å²) in [5.41, 5.74) is 21.3. The van der Waals surface area contributed by atoms with Crippen LogP contribution in [-0.2, 0) is 5.41 Å². The maximum absolute atomic E-state index is 2.51. The molecule has 1 heterocycles. The highest BCUT2D eigenvalue weighted by Gasteiger charge is 2.53. The lowest BCUT2D eigenvalue weighted by molar-refractivity contribution is 0.752. The molecule has 0 unspecified atom stereocenters. The van der Waals surface area contributed by atoms with Gasteiger partial charge in [0.15, 0.2) is 0 Å². The summed E-state index contributed by atoms with van der Waals surface area (Å²) in [6.07, 6.45) is 0. The van der Waals surface area contributed by atoms with Crippen molar-refractivity contribution in [1.29, 1.82) is 0 Å². The molecule has 0 aromatic heterocycles. The number of fused-ring (bicyclic) bond motifs is 9. The molecule has 0 atom stereocenters. The average Bonchev–Trinajstić information content (AvgIpc) is 3.73. The Bertz CT molecular complexity index is 3620. The first-order valence-electron chi connectivity index (χ1n) is 24.1. The number of benzene rings is 11. The van der Waals surface area contributed by atoms with Crippen LogP contribution in [0, 0.1) is 0 Å². The van der Waals surface area contributed by atoms with Crippen LogP contribution in [0.25, 0.3) is 33.4 Å². The van der Waals surface area contributed by atoms with Gasteiger partial charge in [0.05, 0.1) is 33.9 Å². The molecule has 1 aliphatic heterocycles. The zero-order chi connectivity index (χ0) is 46.4. The molecule has 0 saturated carbocycles. The lowest BCUT2D eigenvalue weighted by Crippen LogP contribution is -2.37. The Balaban J connectivity index is 1.14. The molecule has 3 nitrogen and oxygen atoms in total. The molecule has 1 aliphatic carbocycles. The van der Waals surface area contributed by atoms with Gasteiger partial charge in [0, 0.05) is 39.4 Å². The second kappa shape index (κ2) is 17.2. The Morgan fingerprint density at radius 3 is 1.27 bits per heavy atom. The predicted molar refractivity (Wildman–Crippen MR) is 292 cm³/mol. The number of para-hydroxylation sites is 7. The Hall–Kier alpha value is -9.18. The molecule has 0 saturated heterocycles. The zero-order valence-corrected chi connectivity index (χ0v) is 38.5. The number of nitrogens with zero attached hydrogens (tertiary/aromatic N) is 3. The van der Waals surface area contributed by atoms with Crippen LogP contribution in [-0.4, -0.2) is 0 Å². The molecule has 0 fully saturated rings. The topological polar surface area (TPSA) is 9.72 Å². The summed E-state index contributed by atoms with van der Waals surface area (Å²) < 4.78 is 0. The van der Waals surface area contributed by atoms with Crippen LogP contribution >= 0.6 is 0 Å². The summed E-state index contributed by atoms with van der Waals surface area (Å²) in [5, 5.41) is 0. The van der Waals surface area contributed by atoms with Gasteiger partial charge in [-0.05, 0) is 118 Å². The van der Waals surface area contributed by atoms with Gasteiger partial charge in [-0.15, -0.1) is 0 Å². The molecule has 2 aliphatic rings. The number of rotatable bonds is 9. The van der Waals surface area contributed by atoms with Crippen molar-refractivity contribution in [2.24, 2.45) is 0 Å². The fourth-order valence-corrected chi connectivity index (χ4v) is 11.4. The maximum Gasteiger partial charge on any atom is 0.0774 e. The van der Waals surface area contributed by atoms with Gasteiger partial charge in [-0.25, -0.2) is 0 Å². The number of anilines is 9. The van der Waals surface area contributed by atoms with Crippen LogP contribution in [0.2, 0.25) is 0 Å². The average molecular weight is 894 g/mol. The summed E-state index contributed by atoms with van der Waals surface area (Å²) in [6, 6.07) is 104. The van der Waals surface area contributed by atoms with E-state index in [9.17, 15) is 0 Å². The van der Waals surface area contributed by atoms with Gasteiger partial charge in [0.25, 0.3) is 0 Å². The molecule has 330 valence electrons. The minimum Gasteiger partial charge on any atom is -0.310 e. The van der Waals surface area contributed by atoms with E-state index < -0.39 is 5.41 Å². The first kappa shape index (κ1) is 41.0. The van der Waals surface area contributed by atoms with Crippen molar-refractivity contribution >= 4 is 51.2 Å². The molecule has 11 aromatic rings. The maximum atomic E-state index is 2.51. The predicted octanol–water partition coefficient (Wildman–Crippen LogP) is 18.1. The van der Waals surface area contributed by atoms with Gasteiger partial charge in [-0.2, -0.15) is 0 Å². The third kappa shape index (κ3) is 6.51. The molecule has 3 heteroatoms. The molecule has 0 N–H and O–H groups in total. The summed E-state index contributed by atoms with van der Waals surface area (Å²) >= 11 is 0. The molecule has 1 spiro atoms. The molecule has 0 radical (unpaired) electrons. The molecular formula is C67H47N3. The quantitative estimate of drug-likeness (QED) is 0.143. The highest BCUT2D eigenvalue weighted by molar-refractivity contribution is 6.02. The van der Waals surface area contributed by atoms with Gasteiger partial charge in [-0.3, -0.25) is 0 Å². The third-order valence-corrected chi connectivity index (χ3v) is 14.2. The fourth-order valence-electron chi connectivity index (χ4n) is 11.4. The first-order valence-corrected chi connectivity index (χ1v) is 24.1. The van der Waals surface area contributed by atoms with Crippen LogP contribution in [0.15, 0.2) is 285 Å². The smallest absolute Gasteiger partial charge is 0.0774 e. The van der Waals surface area contributed by atoms with E-state index in [2.05, 4.69) is 300 Å². The lowest BCUT2D eigenvalue weighted by atomic mass is 9.64. The van der Waals surface area contributed by atoms with Gasteiger partial charge in [0.2, 0.25) is 0 Å². The van der Waals surface area contributed by atoms with E-state index in [1.54, 1.807) is 0 Å². The highest BCUT2D eigenvalue weighted by atomic mass is 15.2. The van der Waals surface area contributed by atoms with Crippen molar-refractivity contribution in [3.05, 3.63) is 307 Å². The molecule has 13 rings (SSSR count). The second-order valence-electron chi connectivity index (χ2n) is 18.0. The Kier molecular flexibility index (Phi) is 10.1. The fraction of sp³-hybridized carbons (Fsp3) is 0.0149. The van der Waals surface area contributed by atoms with Gasteiger partial charge >= 0.3 is 0 Å². The van der Waals surface area contributed by atoms with Crippen LogP contribution in [0.5, 0.6) is 0 Å². The van der Waals surface area contributed by atoms with Crippen LogP contribution in [0.1, 0.15) is 22.3 Å². The molecule has 11 aromatic carbocycles. The van der Waals surface area contributed by atoms with Crippen LogP contribution in [0.3, 0.4) is 0 Å². The molecule has 70 heavy (non-hydrogen) atoms. The largest absolute Gasteiger partial charge is 0.310 e. The van der Waals surface area contributed by atoms with Crippen molar-refractivity contribution in [2.45, 2.75) is 5.41 Å².